The second kappa shape index (κ2) is 8.00. The average Bonchev–Trinajstić information content (AvgIpc) is 2.65. The first kappa shape index (κ1) is 17.9. The third-order valence-electron chi connectivity index (χ3n) is 4.41. The minimum Gasteiger partial charge on any atom is -0.466 e. The Balaban J connectivity index is 2.27. The van der Waals surface area contributed by atoms with Crippen molar-refractivity contribution in [3.63, 3.8) is 0 Å². The van der Waals surface area contributed by atoms with Crippen molar-refractivity contribution in [3.8, 4) is 0 Å². The molecular weight excluding hydrogens is 328 g/mol. The van der Waals surface area contributed by atoms with E-state index in [4.69, 9.17) is 9.47 Å². The number of esters is 2. The predicted molar refractivity (Wildman–Crippen MR) is 102 cm³/mol. The zero-order valence-electron chi connectivity index (χ0n) is 15.1. The van der Waals surface area contributed by atoms with Crippen LogP contribution in [-0.2, 0) is 31.9 Å². The average molecular weight is 350 g/mol. The molecular formula is C22H22O4. The molecule has 134 valence electrons. The first-order valence-electron chi connectivity index (χ1n) is 8.88. The highest BCUT2D eigenvalue weighted by atomic mass is 16.5. The van der Waals surface area contributed by atoms with Crippen LogP contribution < -0.4 is 0 Å². The van der Waals surface area contributed by atoms with Crippen molar-refractivity contribution < 1.29 is 19.1 Å². The molecule has 0 radical (unpaired) electrons. The molecule has 0 aliphatic rings. The van der Waals surface area contributed by atoms with Gasteiger partial charge in [-0.2, -0.15) is 0 Å². The van der Waals surface area contributed by atoms with Gasteiger partial charge in [-0.1, -0.05) is 48.5 Å². The summed E-state index contributed by atoms with van der Waals surface area (Å²) < 4.78 is 10.3. The lowest BCUT2D eigenvalue weighted by atomic mass is 9.88. The Hall–Kier alpha value is -2.88. The molecule has 0 atom stereocenters. The molecule has 26 heavy (non-hydrogen) atoms. The van der Waals surface area contributed by atoms with Gasteiger partial charge in [0.05, 0.1) is 26.1 Å². The monoisotopic (exact) mass is 350 g/mol. The Morgan fingerprint density at radius 3 is 1.35 bits per heavy atom. The smallest absolute Gasteiger partial charge is 0.310 e. The van der Waals surface area contributed by atoms with Gasteiger partial charge in [0.15, 0.2) is 0 Å². The molecule has 0 saturated heterocycles. The molecule has 0 saturated carbocycles. The van der Waals surface area contributed by atoms with Gasteiger partial charge in [-0.05, 0) is 46.5 Å². The second-order valence-electron chi connectivity index (χ2n) is 6.01. The van der Waals surface area contributed by atoms with Crippen LogP contribution in [-0.4, -0.2) is 25.2 Å². The molecule has 0 unspecified atom stereocenters. The van der Waals surface area contributed by atoms with Crippen molar-refractivity contribution in [1.29, 1.82) is 0 Å². The van der Waals surface area contributed by atoms with Crippen LogP contribution in [0.3, 0.4) is 0 Å². The lowest BCUT2D eigenvalue weighted by Gasteiger charge is -2.17. The van der Waals surface area contributed by atoms with Gasteiger partial charge in [-0.3, -0.25) is 9.59 Å². The van der Waals surface area contributed by atoms with Crippen LogP contribution in [0.2, 0.25) is 0 Å². The summed E-state index contributed by atoms with van der Waals surface area (Å²) in [5, 5.41) is 4.07. The number of hydrogen-bond acceptors (Lipinski definition) is 4. The highest BCUT2D eigenvalue weighted by molar-refractivity contribution is 6.12. The van der Waals surface area contributed by atoms with Crippen LogP contribution in [0.5, 0.6) is 0 Å². The maximum atomic E-state index is 12.2. The van der Waals surface area contributed by atoms with Gasteiger partial charge < -0.3 is 9.47 Å². The normalized spacial score (nSPS) is 10.8. The maximum Gasteiger partial charge on any atom is 0.310 e. The minimum absolute atomic E-state index is 0.133. The van der Waals surface area contributed by atoms with Crippen LogP contribution >= 0.6 is 0 Å². The van der Waals surface area contributed by atoms with E-state index in [1.165, 1.54) is 0 Å². The molecule has 0 fully saturated rings. The van der Waals surface area contributed by atoms with Crippen LogP contribution in [0, 0.1) is 0 Å². The van der Waals surface area contributed by atoms with E-state index in [-0.39, 0.29) is 24.8 Å². The summed E-state index contributed by atoms with van der Waals surface area (Å²) in [6.07, 6.45) is 0.266. The van der Waals surface area contributed by atoms with Crippen LogP contribution in [0.1, 0.15) is 25.0 Å². The number of fused-ring (bicyclic) bond motifs is 3. The van der Waals surface area contributed by atoms with Gasteiger partial charge in [-0.15, -0.1) is 0 Å². The zero-order chi connectivity index (χ0) is 18.5. The first-order chi connectivity index (χ1) is 12.7. The van der Waals surface area contributed by atoms with Gasteiger partial charge in [0.2, 0.25) is 0 Å². The van der Waals surface area contributed by atoms with Crippen molar-refractivity contribution in [2.24, 2.45) is 0 Å². The van der Waals surface area contributed by atoms with Gasteiger partial charge in [0.1, 0.15) is 0 Å². The van der Waals surface area contributed by atoms with E-state index >= 15 is 0 Å². The summed E-state index contributed by atoms with van der Waals surface area (Å²) in [6, 6.07) is 15.9. The summed E-state index contributed by atoms with van der Waals surface area (Å²) in [5.41, 5.74) is 1.68. The summed E-state index contributed by atoms with van der Waals surface area (Å²) in [4.78, 5) is 24.4. The molecule has 0 bridgehead atoms. The number of carbonyl (C=O) groups is 2. The summed E-state index contributed by atoms with van der Waals surface area (Å²) in [6.45, 7) is 4.24. The van der Waals surface area contributed by atoms with Crippen molar-refractivity contribution in [2.45, 2.75) is 26.7 Å². The van der Waals surface area contributed by atoms with Crippen molar-refractivity contribution >= 4 is 33.5 Å². The number of hydrogen-bond donors (Lipinski definition) is 0. The van der Waals surface area contributed by atoms with Crippen molar-refractivity contribution in [2.75, 3.05) is 13.2 Å². The molecule has 0 aromatic heterocycles. The topological polar surface area (TPSA) is 52.6 Å². The van der Waals surface area contributed by atoms with E-state index in [1.54, 1.807) is 13.8 Å². The Morgan fingerprint density at radius 2 is 1.00 bits per heavy atom. The predicted octanol–water partition coefficient (Wildman–Crippen LogP) is 4.20. The standard InChI is InChI=1S/C22H22O4/c1-3-25-21(23)13-19-17-11-7-5-9-15(17)16-10-6-8-12-18(16)20(19)14-22(24)26-4-2/h5-12H,3-4,13-14H2,1-2H3. The van der Waals surface area contributed by atoms with Gasteiger partial charge in [-0.25, -0.2) is 0 Å². The molecule has 4 nitrogen and oxygen atoms in total. The van der Waals surface area contributed by atoms with Crippen LogP contribution in [0.4, 0.5) is 0 Å². The molecule has 0 N–H and O–H groups in total. The largest absolute Gasteiger partial charge is 0.466 e. The van der Waals surface area contributed by atoms with Crippen molar-refractivity contribution in [1.82, 2.24) is 0 Å². The lowest BCUT2D eigenvalue weighted by molar-refractivity contribution is -0.143. The summed E-state index contributed by atoms with van der Waals surface area (Å²) >= 11 is 0. The molecule has 0 heterocycles. The number of rotatable bonds is 6. The van der Waals surface area contributed by atoms with E-state index in [0.29, 0.717) is 13.2 Å². The fourth-order valence-corrected chi connectivity index (χ4v) is 3.40. The third kappa shape index (κ3) is 3.54. The van der Waals surface area contributed by atoms with E-state index in [0.717, 1.165) is 32.7 Å². The maximum absolute atomic E-state index is 12.2. The Labute approximate surface area is 152 Å². The highest BCUT2D eigenvalue weighted by Crippen LogP contribution is 2.34. The molecule has 3 rings (SSSR count). The molecule has 4 heteroatoms. The van der Waals surface area contributed by atoms with E-state index in [1.807, 2.05) is 48.5 Å². The Kier molecular flexibility index (Phi) is 5.52. The summed E-state index contributed by atoms with van der Waals surface area (Å²) in [7, 11) is 0. The quantitative estimate of drug-likeness (QED) is 0.494. The molecule has 3 aromatic rings. The lowest BCUT2D eigenvalue weighted by Crippen LogP contribution is -2.14. The van der Waals surface area contributed by atoms with Crippen LogP contribution in [0.15, 0.2) is 48.5 Å². The first-order valence-corrected chi connectivity index (χ1v) is 8.88. The third-order valence-corrected chi connectivity index (χ3v) is 4.41. The number of ether oxygens (including phenoxy) is 2. The van der Waals surface area contributed by atoms with Crippen LogP contribution in [0.25, 0.3) is 21.5 Å². The summed E-state index contributed by atoms with van der Waals surface area (Å²) in [5.74, 6) is -0.587. The molecule has 3 aromatic carbocycles. The van der Waals surface area contributed by atoms with Gasteiger partial charge >= 0.3 is 11.9 Å². The van der Waals surface area contributed by atoms with Gasteiger partial charge in [0, 0.05) is 0 Å². The fourth-order valence-electron chi connectivity index (χ4n) is 3.40. The number of benzene rings is 3. The SMILES string of the molecule is CCOC(=O)Cc1c(CC(=O)OCC)c2ccccc2c2ccccc12. The molecule has 0 amide bonds. The fraction of sp³-hybridized carbons (Fsp3) is 0.273. The molecule has 0 spiro atoms. The van der Waals surface area contributed by atoms with E-state index < -0.39 is 0 Å². The highest BCUT2D eigenvalue weighted by Gasteiger charge is 2.19. The number of carbonyl (C=O) groups excluding carboxylic acids is 2. The Bertz CT molecular complexity index is 880. The second-order valence-corrected chi connectivity index (χ2v) is 6.01. The van der Waals surface area contributed by atoms with Gasteiger partial charge in [0.25, 0.3) is 0 Å². The Morgan fingerprint density at radius 1 is 0.654 bits per heavy atom. The van der Waals surface area contributed by atoms with Crippen molar-refractivity contribution in [3.05, 3.63) is 59.7 Å². The van der Waals surface area contributed by atoms with E-state index in [9.17, 15) is 9.59 Å². The molecule has 0 aliphatic heterocycles. The zero-order valence-corrected chi connectivity index (χ0v) is 15.1. The minimum atomic E-state index is -0.293. The van der Waals surface area contributed by atoms with E-state index in [2.05, 4.69) is 0 Å². The molecule has 0 aliphatic carbocycles.